The van der Waals surface area contributed by atoms with Crippen LogP contribution < -0.4 is 16.4 Å². The van der Waals surface area contributed by atoms with Crippen LogP contribution in [0.4, 0.5) is 11.4 Å². The maximum atomic E-state index is 12.5. The minimum absolute atomic E-state index is 0.0809. The molecule has 1 saturated carbocycles. The van der Waals surface area contributed by atoms with E-state index in [9.17, 15) is 4.79 Å². The number of piperazine rings is 1. The van der Waals surface area contributed by atoms with Crippen molar-refractivity contribution < 1.29 is 4.79 Å². The number of nitrogens with two attached hydrogens (primary N) is 1. The summed E-state index contributed by atoms with van der Waals surface area (Å²) in [4.78, 5) is 14.4. The third-order valence-electron chi connectivity index (χ3n) is 4.67. The summed E-state index contributed by atoms with van der Waals surface area (Å²) in [5.74, 6) is 0.0809. The number of nitrogens with zero attached hydrogens (tertiary/aromatic N) is 1. The van der Waals surface area contributed by atoms with E-state index >= 15 is 0 Å². The van der Waals surface area contributed by atoms with Crippen molar-refractivity contribution in [3.8, 4) is 0 Å². The lowest BCUT2D eigenvalue weighted by molar-refractivity contribution is 0.0736. The molecule has 120 valence electrons. The highest BCUT2D eigenvalue weighted by Crippen LogP contribution is 2.26. The molecule has 0 aromatic heterocycles. The molecule has 0 radical (unpaired) electrons. The van der Waals surface area contributed by atoms with Gasteiger partial charge >= 0.3 is 0 Å². The van der Waals surface area contributed by atoms with Gasteiger partial charge in [0, 0.05) is 37.8 Å². The molecule has 1 saturated heterocycles. The molecule has 2 aliphatic rings. The molecule has 1 amide bonds. The molecule has 5 nitrogen and oxygen atoms in total. The number of nitrogen functional groups attached to an aromatic ring is 1. The SMILES string of the molecule is Nc1cc(C(=O)N2CCNCC2)ccc1NC1CCCCC1. The van der Waals surface area contributed by atoms with Crippen LogP contribution in [0.15, 0.2) is 18.2 Å². The van der Waals surface area contributed by atoms with E-state index in [1.54, 1.807) is 0 Å². The smallest absolute Gasteiger partial charge is 0.254 e. The van der Waals surface area contributed by atoms with Crippen LogP contribution in [0, 0.1) is 0 Å². The second-order valence-electron chi connectivity index (χ2n) is 6.32. The predicted molar refractivity (Wildman–Crippen MR) is 90.1 cm³/mol. The van der Waals surface area contributed by atoms with E-state index in [-0.39, 0.29) is 5.91 Å². The Labute approximate surface area is 132 Å². The maximum Gasteiger partial charge on any atom is 0.254 e. The average molecular weight is 302 g/mol. The first-order valence-electron chi connectivity index (χ1n) is 8.40. The highest BCUT2D eigenvalue weighted by atomic mass is 16.2. The molecule has 1 aromatic carbocycles. The third kappa shape index (κ3) is 3.53. The number of carbonyl (C=O) groups excluding carboxylic acids is 1. The molecule has 22 heavy (non-hydrogen) atoms. The van der Waals surface area contributed by atoms with Crippen molar-refractivity contribution in [2.24, 2.45) is 0 Å². The molecule has 2 fully saturated rings. The Kier molecular flexibility index (Phi) is 4.83. The second kappa shape index (κ2) is 7.01. The summed E-state index contributed by atoms with van der Waals surface area (Å²) < 4.78 is 0. The van der Waals surface area contributed by atoms with Crippen LogP contribution in [-0.4, -0.2) is 43.0 Å². The first-order valence-corrected chi connectivity index (χ1v) is 8.40. The summed E-state index contributed by atoms with van der Waals surface area (Å²) in [7, 11) is 0. The van der Waals surface area contributed by atoms with Gasteiger partial charge in [0.1, 0.15) is 0 Å². The Morgan fingerprint density at radius 3 is 2.59 bits per heavy atom. The molecule has 4 N–H and O–H groups in total. The summed E-state index contributed by atoms with van der Waals surface area (Å²) in [5, 5.41) is 6.79. The summed E-state index contributed by atoms with van der Waals surface area (Å²) >= 11 is 0. The normalized spacial score (nSPS) is 19.9. The summed E-state index contributed by atoms with van der Waals surface area (Å²) in [6.45, 7) is 3.26. The van der Waals surface area contributed by atoms with Crippen LogP contribution >= 0.6 is 0 Å². The fourth-order valence-electron chi connectivity index (χ4n) is 3.34. The van der Waals surface area contributed by atoms with Crippen molar-refractivity contribution in [1.29, 1.82) is 0 Å². The number of benzene rings is 1. The molecule has 1 aromatic rings. The lowest BCUT2D eigenvalue weighted by Crippen LogP contribution is -2.46. The molecule has 5 heteroatoms. The van der Waals surface area contributed by atoms with Crippen molar-refractivity contribution in [1.82, 2.24) is 10.2 Å². The van der Waals surface area contributed by atoms with E-state index in [1.165, 1.54) is 32.1 Å². The maximum absolute atomic E-state index is 12.5. The fourth-order valence-corrected chi connectivity index (χ4v) is 3.34. The molecular formula is C17H26N4O. The van der Waals surface area contributed by atoms with Gasteiger partial charge in [-0.25, -0.2) is 0 Å². The third-order valence-corrected chi connectivity index (χ3v) is 4.67. The van der Waals surface area contributed by atoms with Gasteiger partial charge in [0.05, 0.1) is 11.4 Å². The van der Waals surface area contributed by atoms with Gasteiger partial charge in [-0.2, -0.15) is 0 Å². The molecule has 0 bridgehead atoms. The van der Waals surface area contributed by atoms with Crippen LogP contribution in [0.2, 0.25) is 0 Å². The fraction of sp³-hybridized carbons (Fsp3) is 0.588. The van der Waals surface area contributed by atoms with Gasteiger partial charge in [0.25, 0.3) is 5.91 Å². The van der Waals surface area contributed by atoms with Crippen molar-refractivity contribution in [2.75, 3.05) is 37.2 Å². The molecule has 0 spiro atoms. The number of carbonyl (C=O) groups is 1. The van der Waals surface area contributed by atoms with Crippen LogP contribution in [0.3, 0.4) is 0 Å². The number of hydrogen-bond donors (Lipinski definition) is 3. The van der Waals surface area contributed by atoms with E-state index in [1.807, 2.05) is 23.1 Å². The van der Waals surface area contributed by atoms with E-state index in [4.69, 9.17) is 5.73 Å². The van der Waals surface area contributed by atoms with Gasteiger partial charge < -0.3 is 21.3 Å². The first kappa shape index (κ1) is 15.2. The Bertz CT molecular complexity index is 519. The quantitative estimate of drug-likeness (QED) is 0.748. The zero-order valence-electron chi connectivity index (χ0n) is 13.1. The van der Waals surface area contributed by atoms with E-state index in [0.29, 0.717) is 17.3 Å². The monoisotopic (exact) mass is 302 g/mol. The highest BCUT2D eigenvalue weighted by molar-refractivity contribution is 5.96. The van der Waals surface area contributed by atoms with Gasteiger partial charge in [0.2, 0.25) is 0 Å². The number of hydrogen-bond acceptors (Lipinski definition) is 4. The van der Waals surface area contributed by atoms with Crippen molar-refractivity contribution in [3.05, 3.63) is 23.8 Å². The Balaban J connectivity index is 1.67. The summed E-state index contributed by atoms with van der Waals surface area (Å²) in [6.07, 6.45) is 6.34. The topological polar surface area (TPSA) is 70.4 Å². The Hall–Kier alpha value is -1.75. The van der Waals surface area contributed by atoms with Crippen molar-refractivity contribution in [3.63, 3.8) is 0 Å². The largest absolute Gasteiger partial charge is 0.397 e. The standard InChI is InChI=1S/C17H26N4O/c18-15-12-13(17(22)21-10-8-19-9-11-21)6-7-16(15)20-14-4-2-1-3-5-14/h6-7,12,14,19-20H,1-5,8-11,18H2. The lowest BCUT2D eigenvalue weighted by atomic mass is 9.95. The zero-order valence-corrected chi connectivity index (χ0v) is 13.1. The molecular weight excluding hydrogens is 276 g/mol. The van der Waals surface area contributed by atoms with Gasteiger partial charge in [0.15, 0.2) is 0 Å². The lowest BCUT2D eigenvalue weighted by Gasteiger charge is -2.28. The highest BCUT2D eigenvalue weighted by Gasteiger charge is 2.19. The minimum Gasteiger partial charge on any atom is -0.397 e. The number of amides is 1. The number of rotatable bonds is 3. The molecule has 1 aliphatic heterocycles. The van der Waals surface area contributed by atoms with Crippen molar-refractivity contribution >= 4 is 17.3 Å². The summed E-state index contributed by atoms with van der Waals surface area (Å²) in [5.41, 5.74) is 8.48. The Morgan fingerprint density at radius 1 is 1.18 bits per heavy atom. The molecule has 0 unspecified atom stereocenters. The number of nitrogens with one attached hydrogen (secondary N) is 2. The predicted octanol–water partition coefficient (Wildman–Crippen LogP) is 2.06. The van der Waals surface area contributed by atoms with Crippen LogP contribution in [0.25, 0.3) is 0 Å². The zero-order chi connectivity index (χ0) is 15.4. The Morgan fingerprint density at radius 2 is 1.91 bits per heavy atom. The second-order valence-corrected chi connectivity index (χ2v) is 6.32. The molecule has 0 atom stereocenters. The van der Waals surface area contributed by atoms with Gasteiger partial charge in [-0.3, -0.25) is 4.79 Å². The van der Waals surface area contributed by atoms with E-state index in [2.05, 4.69) is 10.6 Å². The van der Waals surface area contributed by atoms with Crippen molar-refractivity contribution in [2.45, 2.75) is 38.1 Å². The molecule has 1 heterocycles. The van der Waals surface area contributed by atoms with Gasteiger partial charge in [-0.05, 0) is 31.0 Å². The minimum atomic E-state index is 0.0809. The van der Waals surface area contributed by atoms with Gasteiger partial charge in [-0.15, -0.1) is 0 Å². The average Bonchev–Trinajstić information content (AvgIpc) is 2.58. The molecule has 1 aliphatic carbocycles. The van der Waals surface area contributed by atoms with E-state index in [0.717, 1.165) is 31.9 Å². The van der Waals surface area contributed by atoms with Crippen LogP contribution in [-0.2, 0) is 0 Å². The van der Waals surface area contributed by atoms with E-state index < -0.39 is 0 Å². The molecule has 3 rings (SSSR count). The van der Waals surface area contributed by atoms with Crippen LogP contribution in [0.5, 0.6) is 0 Å². The number of anilines is 2. The summed E-state index contributed by atoms with van der Waals surface area (Å²) in [6, 6.07) is 6.19. The van der Waals surface area contributed by atoms with Gasteiger partial charge in [-0.1, -0.05) is 19.3 Å². The van der Waals surface area contributed by atoms with Crippen LogP contribution in [0.1, 0.15) is 42.5 Å². The first-order chi connectivity index (χ1) is 10.7.